The summed E-state index contributed by atoms with van der Waals surface area (Å²) in [6.45, 7) is 8.72. The van der Waals surface area contributed by atoms with E-state index in [4.69, 9.17) is 4.98 Å². The van der Waals surface area contributed by atoms with Crippen LogP contribution in [0.15, 0.2) is 47.4 Å². The van der Waals surface area contributed by atoms with Gasteiger partial charge < -0.3 is 10.2 Å². The van der Waals surface area contributed by atoms with Gasteiger partial charge in [-0.25, -0.2) is 13.4 Å². The number of hydrogen-bond acceptors (Lipinski definition) is 7. The molecule has 0 spiro atoms. The van der Waals surface area contributed by atoms with Crippen molar-refractivity contribution in [1.82, 2.24) is 15.2 Å². The van der Waals surface area contributed by atoms with E-state index in [9.17, 15) is 13.2 Å². The number of halogens is 1. The molecule has 1 saturated heterocycles. The first-order chi connectivity index (χ1) is 15.4. The number of piperazine rings is 1. The molecule has 0 saturated carbocycles. The highest BCUT2D eigenvalue weighted by Gasteiger charge is 2.20. The van der Waals surface area contributed by atoms with Gasteiger partial charge in [-0.3, -0.25) is 9.69 Å². The van der Waals surface area contributed by atoms with Crippen molar-refractivity contribution in [3.8, 4) is 0 Å². The van der Waals surface area contributed by atoms with Crippen molar-refractivity contribution < 1.29 is 13.2 Å². The molecule has 1 aliphatic rings. The molecular formula is C23H29ClN4O3S2. The highest BCUT2D eigenvalue weighted by molar-refractivity contribution is 7.91. The Bertz CT molecular complexity index is 1200. The number of nitrogens with one attached hydrogen (secondary N) is 1. The predicted octanol–water partition coefficient (Wildman–Crippen LogP) is 3.37. The van der Waals surface area contributed by atoms with Crippen LogP contribution in [0.1, 0.15) is 22.8 Å². The van der Waals surface area contributed by atoms with E-state index in [0.717, 1.165) is 43.4 Å². The molecule has 3 aromatic rings. The molecule has 178 valence electrons. The quantitative estimate of drug-likeness (QED) is 0.527. The lowest BCUT2D eigenvalue weighted by Gasteiger charge is -2.34. The van der Waals surface area contributed by atoms with E-state index < -0.39 is 9.84 Å². The fourth-order valence-corrected chi connectivity index (χ4v) is 5.73. The molecule has 1 aromatic heterocycles. The van der Waals surface area contributed by atoms with Gasteiger partial charge in [0.1, 0.15) is 0 Å². The number of thiazole rings is 1. The molecule has 10 heteroatoms. The number of aryl methyl sites for hydroxylation is 1. The lowest BCUT2D eigenvalue weighted by Crippen LogP contribution is -2.48. The van der Waals surface area contributed by atoms with Gasteiger partial charge in [0, 0.05) is 44.8 Å². The van der Waals surface area contributed by atoms with Crippen molar-refractivity contribution in [3.05, 3.63) is 53.6 Å². The Morgan fingerprint density at radius 3 is 2.45 bits per heavy atom. The topological polar surface area (TPSA) is 82.6 Å². The van der Waals surface area contributed by atoms with Crippen molar-refractivity contribution in [1.29, 1.82) is 0 Å². The SMILES string of the molecule is CCS(=O)(=O)c1ccc(C(=O)NCCN2CCN(c3nc4ccc(C)cc4s3)CC2)cc1.Cl. The summed E-state index contributed by atoms with van der Waals surface area (Å²) in [5.74, 6) is -0.140. The second-order valence-electron chi connectivity index (χ2n) is 7.98. The van der Waals surface area contributed by atoms with Crippen LogP contribution >= 0.6 is 23.7 Å². The third-order valence-electron chi connectivity index (χ3n) is 5.74. The summed E-state index contributed by atoms with van der Waals surface area (Å²) in [6, 6.07) is 12.5. The highest BCUT2D eigenvalue weighted by atomic mass is 35.5. The Morgan fingerprint density at radius 2 is 1.79 bits per heavy atom. The second-order valence-corrected chi connectivity index (χ2v) is 11.3. The van der Waals surface area contributed by atoms with Crippen LogP contribution < -0.4 is 10.2 Å². The Balaban J connectivity index is 0.00000306. The van der Waals surface area contributed by atoms with Crippen LogP contribution in [-0.4, -0.2) is 69.2 Å². The molecule has 0 radical (unpaired) electrons. The zero-order valence-corrected chi connectivity index (χ0v) is 21.2. The van der Waals surface area contributed by atoms with Gasteiger partial charge >= 0.3 is 0 Å². The van der Waals surface area contributed by atoms with Crippen LogP contribution in [0.2, 0.25) is 0 Å². The van der Waals surface area contributed by atoms with E-state index in [1.54, 1.807) is 30.4 Å². The molecule has 0 atom stereocenters. The standard InChI is InChI=1S/C23H28N4O3S2.ClH/c1-3-32(29,30)19-7-5-18(6-8-19)22(28)24-10-11-26-12-14-27(15-13-26)23-25-20-9-4-17(2)16-21(20)31-23;/h4-9,16H,3,10-15H2,1-2H3,(H,24,28);1H. The normalized spacial score (nSPS) is 14.8. The maximum Gasteiger partial charge on any atom is 0.251 e. The maximum absolute atomic E-state index is 12.4. The Morgan fingerprint density at radius 1 is 1.09 bits per heavy atom. The van der Waals surface area contributed by atoms with Gasteiger partial charge in [-0.05, 0) is 48.9 Å². The number of nitrogens with zero attached hydrogens (tertiary/aromatic N) is 3. The fourth-order valence-electron chi connectivity index (χ4n) is 3.73. The van der Waals surface area contributed by atoms with Gasteiger partial charge in [0.05, 0.1) is 20.9 Å². The molecule has 1 aliphatic heterocycles. The third-order valence-corrected chi connectivity index (χ3v) is 8.57. The van der Waals surface area contributed by atoms with Gasteiger partial charge in [0.25, 0.3) is 5.91 Å². The molecule has 0 aliphatic carbocycles. The molecule has 0 unspecified atom stereocenters. The molecule has 0 bridgehead atoms. The van der Waals surface area contributed by atoms with Crippen LogP contribution in [-0.2, 0) is 9.84 Å². The zero-order chi connectivity index (χ0) is 22.7. The van der Waals surface area contributed by atoms with E-state index in [2.05, 4.69) is 40.2 Å². The first-order valence-electron chi connectivity index (χ1n) is 10.8. The number of aromatic nitrogens is 1. The van der Waals surface area contributed by atoms with Crippen LogP contribution in [0.5, 0.6) is 0 Å². The van der Waals surface area contributed by atoms with Gasteiger partial charge in [0.15, 0.2) is 15.0 Å². The van der Waals surface area contributed by atoms with Crippen LogP contribution in [0.25, 0.3) is 10.2 Å². The number of hydrogen-bond donors (Lipinski definition) is 1. The third kappa shape index (κ3) is 6.03. The number of anilines is 1. The van der Waals surface area contributed by atoms with E-state index in [-0.39, 0.29) is 29.0 Å². The Kier molecular flexibility index (Phi) is 8.33. The van der Waals surface area contributed by atoms with E-state index in [1.165, 1.54) is 22.4 Å². The number of amides is 1. The summed E-state index contributed by atoms with van der Waals surface area (Å²) in [7, 11) is -3.25. The summed E-state index contributed by atoms with van der Waals surface area (Å²) >= 11 is 1.74. The molecule has 7 nitrogen and oxygen atoms in total. The minimum atomic E-state index is -3.25. The molecule has 2 heterocycles. The summed E-state index contributed by atoms with van der Waals surface area (Å²) < 4.78 is 25.0. The fraction of sp³-hybridized carbons (Fsp3) is 0.391. The van der Waals surface area contributed by atoms with Crippen LogP contribution in [0.4, 0.5) is 5.13 Å². The van der Waals surface area contributed by atoms with Crippen LogP contribution in [0.3, 0.4) is 0 Å². The lowest BCUT2D eigenvalue weighted by molar-refractivity contribution is 0.0947. The minimum Gasteiger partial charge on any atom is -0.351 e. The summed E-state index contributed by atoms with van der Waals surface area (Å²) in [5.41, 5.74) is 2.78. The zero-order valence-electron chi connectivity index (χ0n) is 18.8. The number of sulfone groups is 1. The van der Waals surface area contributed by atoms with Crippen molar-refractivity contribution in [2.45, 2.75) is 18.7 Å². The second kappa shape index (κ2) is 10.8. The first-order valence-corrected chi connectivity index (χ1v) is 13.3. The molecule has 4 rings (SSSR count). The first kappa shape index (κ1) is 25.4. The van der Waals surface area contributed by atoms with E-state index in [0.29, 0.717) is 12.1 Å². The number of rotatable bonds is 7. The molecule has 1 N–H and O–H groups in total. The molecule has 33 heavy (non-hydrogen) atoms. The maximum atomic E-state index is 12.4. The van der Waals surface area contributed by atoms with Gasteiger partial charge in [0.2, 0.25) is 0 Å². The van der Waals surface area contributed by atoms with Gasteiger partial charge in [-0.2, -0.15) is 0 Å². The molecular weight excluding hydrogens is 480 g/mol. The molecule has 1 fully saturated rings. The van der Waals surface area contributed by atoms with Crippen LogP contribution in [0, 0.1) is 6.92 Å². The lowest BCUT2D eigenvalue weighted by atomic mass is 10.2. The molecule has 1 amide bonds. The van der Waals surface area contributed by atoms with Crippen molar-refractivity contribution in [2.75, 3.05) is 49.9 Å². The van der Waals surface area contributed by atoms with Gasteiger partial charge in [-0.15, -0.1) is 12.4 Å². The number of fused-ring (bicyclic) bond motifs is 1. The van der Waals surface area contributed by atoms with E-state index in [1.807, 2.05) is 0 Å². The smallest absolute Gasteiger partial charge is 0.251 e. The van der Waals surface area contributed by atoms with Crippen molar-refractivity contribution >= 4 is 54.8 Å². The summed E-state index contributed by atoms with van der Waals surface area (Å²) in [6.07, 6.45) is 0. The van der Waals surface area contributed by atoms with Gasteiger partial charge in [-0.1, -0.05) is 24.3 Å². The minimum absolute atomic E-state index is 0. The van der Waals surface area contributed by atoms with Crippen molar-refractivity contribution in [3.63, 3.8) is 0 Å². The largest absolute Gasteiger partial charge is 0.351 e. The number of benzene rings is 2. The van der Waals surface area contributed by atoms with Crippen molar-refractivity contribution in [2.24, 2.45) is 0 Å². The monoisotopic (exact) mass is 508 g/mol. The summed E-state index contributed by atoms with van der Waals surface area (Å²) in [4.78, 5) is 22.1. The Labute approximate surface area is 205 Å². The Hall–Kier alpha value is -2.20. The van der Waals surface area contributed by atoms with E-state index >= 15 is 0 Å². The highest BCUT2D eigenvalue weighted by Crippen LogP contribution is 2.30. The average Bonchev–Trinajstić information content (AvgIpc) is 3.22. The number of carbonyl (C=O) groups excluding carboxylic acids is 1. The number of carbonyl (C=O) groups is 1. The molecule has 2 aromatic carbocycles. The predicted molar refractivity (Wildman–Crippen MR) is 137 cm³/mol. The average molecular weight is 509 g/mol. The summed E-state index contributed by atoms with van der Waals surface area (Å²) in [5, 5.41) is 4.01.